The number of aromatic nitrogens is 2. The molecule has 0 fully saturated rings. The summed E-state index contributed by atoms with van der Waals surface area (Å²) in [7, 11) is 0. The van der Waals surface area contributed by atoms with E-state index < -0.39 is 12.2 Å². The van der Waals surface area contributed by atoms with Crippen LogP contribution in [0.15, 0.2) is 36.5 Å². The van der Waals surface area contributed by atoms with Crippen LogP contribution in [0.25, 0.3) is 22.3 Å². The molecule has 0 atom stereocenters. The van der Waals surface area contributed by atoms with Gasteiger partial charge in [-0.25, -0.2) is 13.2 Å². The Morgan fingerprint density at radius 2 is 1.95 bits per heavy atom. The number of rotatable bonds is 2. The predicted octanol–water partition coefficient (Wildman–Crippen LogP) is 4.96. The second-order valence-corrected chi connectivity index (χ2v) is 4.74. The lowest BCUT2D eigenvalue weighted by atomic mass is 10.0. The number of nitrogens with one attached hydrogen (secondary N) is 1. The molecular weight excluding hydrogens is 289 g/mol. The van der Waals surface area contributed by atoms with Gasteiger partial charge in [0, 0.05) is 23.0 Å². The maximum absolute atomic E-state index is 13.3. The monoisotopic (exact) mass is 296 g/mol. The molecule has 0 radical (unpaired) electrons. The van der Waals surface area contributed by atoms with Crippen molar-refractivity contribution in [2.75, 3.05) is 0 Å². The summed E-state index contributed by atoms with van der Waals surface area (Å²) in [6, 6.07) is 6.40. The first-order valence-electron chi connectivity index (χ1n) is 5.77. The number of H-pyrrole nitrogens is 1. The minimum absolute atomic E-state index is 0.120. The quantitative estimate of drug-likeness (QED) is 0.711. The molecule has 6 heteroatoms. The first-order chi connectivity index (χ1) is 9.54. The highest BCUT2D eigenvalue weighted by Crippen LogP contribution is 2.33. The molecule has 1 aromatic carbocycles. The SMILES string of the molecule is Fc1ccc(C(F)F)c(-c2cc3ncc(Cl)cc3[nH]2)c1. The molecule has 102 valence electrons. The number of benzene rings is 1. The van der Waals surface area contributed by atoms with Gasteiger partial charge in [0.05, 0.1) is 16.1 Å². The van der Waals surface area contributed by atoms with Gasteiger partial charge in [0.25, 0.3) is 6.43 Å². The summed E-state index contributed by atoms with van der Waals surface area (Å²) >= 11 is 5.82. The van der Waals surface area contributed by atoms with E-state index in [-0.39, 0.29) is 11.1 Å². The molecule has 0 aliphatic heterocycles. The summed E-state index contributed by atoms with van der Waals surface area (Å²) in [6.45, 7) is 0. The van der Waals surface area contributed by atoms with E-state index in [4.69, 9.17) is 11.6 Å². The third-order valence-electron chi connectivity index (χ3n) is 2.98. The van der Waals surface area contributed by atoms with E-state index in [1.807, 2.05) is 0 Å². The number of nitrogens with zero attached hydrogens (tertiary/aromatic N) is 1. The fourth-order valence-corrected chi connectivity index (χ4v) is 2.24. The number of halogens is 4. The summed E-state index contributed by atoms with van der Waals surface area (Å²) in [5.41, 5.74) is 1.45. The zero-order chi connectivity index (χ0) is 14.3. The smallest absolute Gasteiger partial charge is 0.264 e. The Labute approximate surface area is 117 Å². The summed E-state index contributed by atoms with van der Waals surface area (Å²) in [6.07, 6.45) is -1.23. The van der Waals surface area contributed by atoms with Crippen LogP contribution in [0.2, 0.25) is 5.02 Å². The zero-order valence-corrected chi connectivity index (χ0v) is 10.8. The first-order valence-corrected chi connectivity index (χ1v) is 6.14. The number of hydrogen-bond acceptors (Lipinski definition) is 1. The highest BCUT2D eigenvalue weighted by molar-refractivity contribution is 6.31. The Morgan fingerprint density at radius 3 is 2.70 bits per heavy atom. The van der Waals surface area contributed by atoms with Gasteiger partial charge in [-0.15, -0.1) is 0 Å². The molecule has 3 aromatic rings. The molecule has 1 N–H and O–H groups in total. The van der Waals surface area contributed by atoms with E-state index in [2.05, 4.69) is 9.97 Å². The van der Waals surface area contributed by atoms with Gasteiger partial charge in [0.2, 0.25) is 0 Å². The van der Waals surface area contributed by atoms with Crippen LogP contribution in [-0.2, 0) is 0 Å². The minimum atomic E-state index is -2.69. The van der Waals surface area contributed by atoms with Crippen molar-refractivity contribution >= 4 is 22.6 Å². The highest BCUT2D eigenvalue weighted by atomic mass is 35.5. The van der Waals surface area contributed by atoms with Gasteiger partial charge in [0.15, 0.2) is 0 Å². The molecule has 0 amide bonds. The lowest BCUT2D eigenvalue weighted by Gasteiger charge is -2.07. The number of aromatic amines is 1. The van der Waals surface area contributed by atoms with Crippen LogP contribution in [0.1, 0.15) is 12.0 Å². The predicted molar refractivity (Wildman–Crippen MR) is 71.5 cm³/mol. The van der Waals surface area contributed by atoms with E-state index >= 15 is 0 Å². The Balaban J connectivity index is 2.22. The summed E-state index contributed by atoms with van der Waals surface area (Å²) < 4.78 is 39.3. The molecule has 3 rings (SSSR count). The van der Waals surface area contributed by atoms with Crippen molar-refractivity contribution in [1.29, 1.82) is 0 Å². The number of hydrogen-bond donors (Lipinski definition) is 1. The Bertz CT molecular complexity index is 783. The van der Waals surface area contributed by atoms with Gasteiger partial charge in [-0.05, 0) is 30.3 Å². The van der Waals surface area contributed by atoms with Gasteiger partial charge in [-0.3, -0.25) is 4.98 Å². The molecule has 0 bridgehead atoms. The van der Waals surface area contributed by atoms with Gasteiger partial charge in [-0.2, -0.15) is 0 Å². The van der Waals surface area contributed by atoms with Crippen molar-refractivity contribution in [2.24, 2.45) is 0 Å². The van der Waals surface area contributed by atoms with Gasteiger partial charge < -0.3 is 4.98 Å². The standard InChI is InChI=1S/C14H8ClF3N2/c15-7-3-13-12(19-6-7)5-11(20-13)10-4-8(16)1-2-9(10)14(17)18/h1-6,14,20H. The van der Waals surface area contributed by atoms with Crippen LogP contribution in [0, 0.1) is 5.82 Å². The maximum atomic E-state index is 13.3. The van der Waals surface area contributed by atoms with E-state index in [1.165, 1.54) is 6.20 Å². The van der Waals surface area contributed by atoms with Crippen LogP contribution in [-0.4, -0.2) is 9.97 Å². The third kappa shape index (κ3) is 2.25. The second-order valence-electron chi connectivity index (χ2n) is 4.30. The molecule has 20 heavy (non-hydrogen) atoms. The lowest BCUT2D eigenvalue weighted by Crippen LogP contribution is -1.91. The fourth-order valence-electron chi connectivity index (χ4n) is 2.08. The fraction of sp³-hybridized carbons (Fsp3) is 0.0714. The topological polar surface area (TPSA) is 28.7 Å². The summed E-state index contributed by atoms with van der Waals surface area (Å²) in [4.78, 5) is 7.01. The van der Waals surface area contributed by atoms with Crippen LogP contribution < -0.4 is 0 Å². The van der Waals surface area contributed by atoms with Crippen molar-refractivity contribution in [3.8, 4) is 11.3 Å². The average Bonchev–Trinajstić information content (AvgIpc) is 2.81. The molecule has 0 aliphatic rings. The van der Waals surface area contributed by atoms with Crippen molar-refractivity contribution in [3.05, 3.63) is 52.9 Å². The van der Waals surface area contributed by atoms with Gasteiger partial charge in [-0.1, -0.05) is 11.6 Å². The van der Waals surface area contributed by atoms with E-state index in [0.29, 0.717) is 21.7 Å². The lowest BCUT2D eigenvalue weighted by molar-refractivity contribution is 0.152. The van der Waals surface area contributed by atoms with Crippen molar-refractivity contribution in [2.45, 2.75) is 6.43 Å². The van der Waals surface area contributed by atoms with Gasteiger partial charge in [0.1, 0.15) is 5.82 Å². The molecule has 2 nitrogen and oxygen atoms in total. The van der Waals surface area contributed by atoms with E-state index in [9.17, 15) is 13.2 Å². The Morgan fingerprint density at radius 1 is 1.15 bits per heavy atom. The maximum Gasteiger partial charge on any atom is 0.264 e. The Kier molecular flexibility index (Phi) is 3.14. The highest BCUT2D eigenvalue weighted by Gasteiger charge is 2.16. The summed E-state index contributed by atoms with van der Waals surface area (Å²) in [5.74, 6) is -0.575. The van der Waals surface area contributed by atoms with Crippen molar-refractivity contribution < 1.29 is 13.2 Å². The second kappa shape index (κ2) is 4.83. The number of alkyl halides is 2. The molecule has 0 aliphatic carbocycles. The molecular formula is C14H8ClF3N2. The molecule has 2 heterocycles. The van der Waals surface area contributed by atoms with Crippen LogP contribution in [0.5, 0.6) is 0 Å². The number of fused-ring (bicyclic) bond motifs is 1. The third-order valence-corrected chi connectivity index (χ3v) is 3.18. The molecule has 0 saturated carbocycles. The largest absolute Gasteiger partial charge is 0.353 e. The van der Waals surface area contributed by atoms with Gasteiger partial charge >= 0.3 is 0 Å². The van der Waals surface area contributed by atoms with Crippen molar-refractivity contribution in [1.82, 2.24) is 9.97 Å². The molecule has 0 unspecified atom stereocenters. The summed E-state index contributed by atoms with van der Waals surface area (Å²) in [5, 5.41) is 0.430. The van der Waals surface area contributed by atoms with E-state index in [1.54, 1.807) is 12.1 Å². The first kappa shape index (κ1) is 13.0. The van der Waals surface area contributed by atoms with Crippen molar-refractivity contribution in [3.63, 3.8) is 0 Å². The number of pyridine rings is 1. The normalized spacial score (nSPS) is 11.4. The minimum Gasteiger partial charge on any atom is -0.353 e. The van der Waals surface area contributed by atoms with Crippen LogP contribution in [0.4, 0.5) is 13.2 Å². The van der Waals surface area contributed by atoms with Crippen LogP contribution >= 0.6 is 11.6 Å². The molecule has 0 saturated heterocycles. The van der Waals surface area contributed by atoms with E-state index in [0.717, 1.165) is 18.2 Å². The molecule has 2 aromatic heterocycles. The van der Waals surface area contributed by atoms with Crippen LogP contribution in [0.3, 0.4) is 0 Å². The average molecular weight is 297 g/mol. The molecule has 0 spiro atoms. The zero-order valence-electron chi connectivity index (χ0n) is 10.0. The Hall–Kier alpha value is -2.01.